The predicted molar refractivity (Wildman–Crippen MR) is 95.0 cm³/mol. The molecule has 2 aliphatic carbocycles. The zero-order valence-electron chi connectivity index (χ0n) is 13.9. The average Bonchev–Trinajstić information content (AvgIpc) is 3.14. The molecule has 1 aromatic carbocycles. The van der Waals surface area contributed by atoms with Gasteiger partial charge in [0.15, 0.2) is 9.84 Å². The van der Waals surface area contributed by atoms with E-state index in [1.807, 2.05) is 18.2 Å². The van der Waals surface area contributed by atoms with Crippen LogP contribution >= 0.6 is 0 Å². The van der Waals surface area contributed by atoms with Gasteiger partial charge >= 0.3 is 0 Å². The van der Waals surface area contributed by atoms with E-state index in [9.17, 15) is 8.42 Å². The minimum atomic E-state index is -3.42. The number of unbranched alkanes of at least 4 members (excludes halogenated alkanes) is 3. The second kappa shape index (κ2) is 6.27. The van der Waals surface area contributed by atoms with Crippen molar-refractivity contribution in [1.82, 2.24) is 0 Å². The highest BCUT2D eigenvalue weighted by Gasteiger charge is 2.59. The number of fused-ring (bicyclic) bond motifs is 2. The average molecular weight is 330 g/mol. The SMILES string of the molecule is C=C1[C@@H]2C=C[C@@H](C2)[C@@]1(CCCCCC)S(=O)(=O)c1ccccc1. The molecule has 124 valence electrons. The molecule has 0 saturated heterocycles. The molecule has 2 nitrogen and oxygen atoms in total. The van der Waals surface area contributed by atoms with E-state index in [1.54, 1.807) is 12.1 Å². The predicted octanol–water partition coefficient (Wildman–Crippen LogP) is 4.93. The summed E-state index contributed by atoms with van der Waals surface area (Å²) >= 11 is 0. The fourth-order valence-corrected chi connectivity index (χ4v) is 6.75. The van der Waals surface area contributed by atoms with Crippen LogP contribution in [0.1, 0.15) is 45.4 Å². The van der Waals surface area contributed by atoms with Crippen molar-refractivity contribution in [3.05, 3.63) is 54.6 Å². The molecule has 3 rings (SSSR count). The molecule has 0 N–H and O–H groups in total. The Morgan fingerprint density at radius 1 is 1.13 bits per heavy atom. The van der Waals surface area contributed by atoms with Gasteiger partial charge in [-0.3, -0.25) is 0 Å². The van der Waals surface area contributed by atoms with Crippen LogP contribution in [0.25, 0.3) is 0 Å². The summed E-state index contributed by atoms with van der Waals surface area (Å²) in [5, 5.41) is 0. The minimum Gasteiger partial charge on any atom is -0.223 e. The summed E-state index contributed by atoms with van der Waals surface area (Å²) in [5.41, 5.74) is 0.922. The monoisotopic (exact) mass is 330 g/mol. The van der Waals surface area contributed by atoms with Crippen molar-refractivity contribution in [2.24, 2.45) is 11.8 Å². The second-order valence-corrected chi connectivity index (χ2v) is 9.08. The molecule has 0 heterocycles. The molecule has 2 bridgehead atoms. The lowest BCUT2D eigenvalue weighted by atomic mass is 9.84. The normalized spacial score (nSPS) is 29.3. The molecule has 0 unspecified atom stereocenters. The van der Waals surface area contributed by atoms with E-state index in [0.717, 1.165) is 37.7 Å². The number of hydrogen-bond donors (Lipinski definition) is 0. The van der Waals surface area contributed by atoms with E-state index in [-0.39, 0.29) is 11.8 Å². The van der Waals surface area contributed by atoms with Gasteiger partial charge in [0.1, 0.15) is 4.75 Å². The Labute approximate surface area is 140 Å². The van der Waals surface area contributed by atoms with Gasteiger partial charge in [0.05, 0.1) is 4.90 Å². The molecule has 0 amide bonds. The number of rotatable bonds is 7. The third-order valence-corrected chi connectivity index (χ3v) is 8.23. The highest BCUT2D eigenvalue weighted by Crippen LogP contribution is 2.57. The number of sulfone groups is 1. The standard InChI is InChI=1S/C20H26O2S/c1-3-4-5-9-14-20(16(2)17-12-13-18(20)15-17)23(21,22)19-10-7-6-8-11-19/h6-8,10-13,17-18H,2-5,9,14-15H2,1H3/t17-,18+,20+/m1/s1. The van der Waals surface area contributed by atoms with Crippen molar-refractivity contribution < 1.29 is 8.42 Å². The van der Waals surface area contributed by atoms with E-state index >= 15 is 0 Å². The molecule has 23 heavy (non-hydrogen) atoms. The van der Waals surface area contributed by atoms with Crippen molar-refractivity contribution in [3.8, 4) is 0 Å². The Hall–Kier alpha value is -1.35. The van der Waals surface area contributed by atoms with Crippen molar-refractivity contribution in [1.29, 1.82) is 0 Å². The summed E-state index contributed by atoms with van der Waals surface area (Å²) in [6, 6.07) is 8.94. The summed E-state index contributed by atoms with van der Waals surface area (Å²) < 4.78 is 26.3. The summed E-state index contributed by atoms with van der Waals surface area (Å²) in [5.74, 6) is 0.330. The molecule has 1 saturated carbocycles. The van der Waals surface area contributed by atoms with Crippen molar-refractivity contribution >= 4 is 9.84 Å². The first-order valence-electron chi connectivity index (χ1n) is 8.71. The largest absolute Gasteiger partial charge is 0.223 e. The smallest absolute Gasteiger partial charge is 0.188 e. The van der Waals surface area contributed by atoms with Crippen LogP contribution in [-0.4, -0.2) is 13.2 Å². The highest BCUT2D eigenvalue weighted by molar-refractivity contribution is 7.93. The maximum Gasteiger partial charge on any atom is 0.188 e. The molecule has 0 aromatic heterocycles. The Morgan fingerprint density at radius 2 is 1.87 bits per heavy atom. The molecule has 0 radical (unpaired) electrons. The number of hydrogen-bond acceptors (Lipinski definition) is 2. The van der Waals surface area contributed by atoms with Gasteiger partial charge in [0.25, 0.3) is 0 Å². The summed E-state index contributed by atoms with van der Waals surface area (Å²) in [4.78, 5) is 0.442. The lowest BCUT2D eigenvalue weighted by Gasteiger charge is -2.37. The lowest BCUT2D eigenvalue weighted by molar-refractivity contribution is 0.448. The molecule has 3 atom stereocenters. The minimum absolute atomic E-state index is 0.0897. The Bertz CT molecular complexity index is 702. The zero-order valence-corrected chi connectivity index (χ0v) is 14.7. The van der Waals surface area contributed by atoms with Crippen LogP contribution in [0.2, 0.25) is 0 Å². The van der Waals surface area contributed by atoms with Gasteiger partial charge in [-0.25, -0.2) is 8.42 Å². The first kappa shape index (κ1) is 16.5. The van der Waals surface area contributed by atoms with Gasteiger partial charge in [-0.05, 0) is 36.5 Å². The quantitative estimate of drug-likeness (QED) is 0.524. The maximum atomic E-state index is 13.5. The van der Waals surface area contributed by atoms with Crippen LogP contribution in [0.15, 0.2) is 59.5 Å². The van der Waals surface area contributed by atoms with Crippen molar-refractivity contribution in [3.63, 3.8) is 0 Å². The van der Waals surface area contributed by atoms with Gasteiger partial charge in [-0.1, -0.05) is 69.5 Å². The van der Waals surface area contributed by atoms with Crippen molar-refractivity contribution in [2.45, 2.75) is 55.1 Å². The molecular formula is C20H26O2S. The number of benzene rings is 1. The van der Waals surface area contributed by atoms with Crippen LogP contribution in [-0.2, 0) is 9.84 Å². The summed E-state index contributed by atoms with van der Waals surface area (Å²) in [7, 11) is -3.42. The third kappa shape index (κ3) is 2.50. The molecule has 3 heteroatoms. The Kier molecular flexibility index (Phi) is 4.50. The molecule has 2 aliphatic rings. The molecule has 1 aromatic rings. The van der Waals surface area contributed by atoms with Gasteiger partial charge in [0, 0.05) is 5.92 Å². The van der Waals surface area contributed by atoms with Gasteiger partial charge in [-0.15, -0.1) is 0 Å². The molecule has 0 aliphatic heterocycles. The van der Waals surface area contributed by atoms with Crippen LogP contribution < -0.4 is 0 Å². The Balaban J connectivity index is 2.00. The summed E-state index contributed by atoms with van der Waals surface area (Å²) in [6.45, 7) is 6.43. The van der Waals surface area contributed by atoms with E-state index in [0.29, 0.717) is 11.3 Å². The van der Waals surface area contributed by atoms with E-state index < -0.39 is 14.6 Å². The van der Waals surface area contributed by atoms with Gasteiger partial charge in [0.2, 0.25) is 0 Å². The van der Waals surface area contributed by atoms with Crippen molar-refractivity contribution in [2.75, 3.05) is 0 Å². The van der Waals surface area contributed by atoms with Crippen LogP contribution in [0.4, 0.5) is 0 Å². The number of allylic oxidation sites excluding steroid dienone is 2. The molecular weight excluding hydrogens is 304 g/mol. The van der Waals surface area contributed by atoms with Gasteiger partial charge in [-0.2, -0.15) is 0 Å². The van der Waals surface area contributed by atoms with Crippen LogP contribution in [0.5, 0.6) is 0 Å². The maximum absolute atomic E-state index is 13.5. The topological polar surface area (TPSA) is 34.1 Å². The van der Waals surface area contributed by atoms with Crippen LogP contribution in [0.3, 0.4) is 0 Å². The van der Waals surface area contributed by atoms with E-state index in [2.05, 4.69) is 25.7 Å². The summed E-state index contributed by atoms with van der Waals surface area (Å²) in [6.07, 6.45) is 10.3. The highest BCUT2D eigenvalue weighted by atomic mass is 32.2. The third-order valence-electron chi connectivity index (χ3n) is 5.61. The fraction of sp³-hybridized carbons (Fsp3) is 0.500. The van der Waals surface area contributed by atoms with E-state index in [1.165, 1.54) is 0 Å². The fourth-order valence-electron chi connectivity index (χ4n) is 4.33. The lowest BCUT2D eigenvalue weighted by Crippen LogP contribution is -2.44. The van der Waals surface area contributed by atoms with Gasteiger partial charge < -0.3 is 0 Å². The first-order chi connectivity index (χ1) is 11.0. The second-order valence-electron chi connectivity index (χ2n) is 6.88. The zero-order chi connectivity index (χ0) is 16.5. The van der Waals surface area contributed by atoms with Crippen LogP contribution in [0, 0.1) is 11.8 Å². The molecule has 0 spiro atoms. The molecule has 1 fully saturated rings. The Morgan fingerprint density at radius 3 is 2.48 bits per heavy atom. The van der Waals surface area contributed by atoms with E-state index in [4.69, 9.17) is 0 Å². The first-order valence-corrected chi connectivity index (χ1v) is 10.2.